The number of hydrogen-bond donors (Lipinski definition) is 3. The number of nitrogens with zero attached hydrogens (tertiary/aromatic N) is 5. The van der Waals surface area contributed by atoms with E-state index in [1.807, 2.05) is 19.4 Å². The van der Waals surface area contributed by atoms with Gasteiger partial charge in [-0.15, -0.1) is 0 Å². The van der Waals surface area contributed by atoms with E-state index in [0.717, 1.165) is 67.3 Å². The van der Waals surface area contributed by atoms with Crippen LogP contribution in [-0.4, -0.2) is 68.0 Å². The van der Waals surface area contributed by atoms with Crippen LogP contribution in [-0.2, 0) is 23.7 Å². The Hall–Kier alpha value is -2.75. The Balaban J connectivity index is 1.23. The maximum absolute atomic E-state index is 6.85. The quantitative estimate of drug-likeness (QED) is 0.561. The summed E-state index contributed by atoms with van der Waals surface area (Å²) in [5.74, 6) is 0.913. The summed E-state index contributed by atoms with van der Waals surface area (Å²) in [6.07, 6.45) is 15.0. The molecule has 2 aliphatic carbocycles. The number of anilines is 1. The van der Waals surface area contributed by atoms with Crippen molar-refractivity contribution in [3.8, 4) is 0 Å². The topological polar surface area (TPSA) is 110 Å². The van der Waals surface area contributed by atoms with E-state index in [9.17, 15) is 0 Å². The number of aryl methyl sites for hydroxylation is 1. The summed E-state index contributed by atoms with van der Waals surface area (Å²) in [4.78, 5) is 15.3. The number of fused-ring (bicyclic) bond motifs is 3. The number of ether oxygens (including phenoxy) is 1. The Morgan fingerprint density at radius 1 is 1.18 bits per heavy atom. The number of aromatic nitrogens is 5. The Morgan fingerprint density at radius 3 is 2.76 bits per heavy atom. The van der Waals surface area contributed by atoms with Crippen molar-refractivity contribution in [3.05, 3.63) is 41.6 Å². The summed E-state index contributed by atoms with van der Waals surface area (Å²) in [6.45, 7) is 3.86. The first-order valence-corrected chi connectivity index (χ1v) is 12.0. The minimum atomic E-state index is -0.598. The van der Waals surface area contributed by atoms with Gasteiger partial charge in [-0.25, -0.2) is 9.97 Å². The molecule has 2 fully saturated rings. The van der Waals surface area contributed by atoms with E-state index < -0.39 is 5.54 Å². The second kappa shape index (κ2) is 8.23. The molecule has 9 heteroatoms. The zero-order valence-corrected chi connectivity index (χ0v) is 19.1. The second-order valence-corrected chi connectivity index (χ2v) is 9.71. The Kier molecular flexibility index (Phi) is 5.20. The fraction of sp³-hybridized carbons (Fsp3) is 0.542. The monoisotopic (exact) mass is 448 g/mol. The van der Waals surface area contributed by atoms with E-state index in [2.05, 4.69) is 42.4 Å². The molecule has 9 nitrogen and oxygen atoms in total. The van der Waals surface area contributed by atoms with Gasteiger partial charge in [0.25, 0.3) is 0 Å². The third kappa shape index (κ3) is 3.84. The van der Waals surface area contributed by atoms with Gasteiger partial charge in [0.05, 0.1) is 30.3 Å². The average Bonchev–Trinajstić information content (AvgIpc) is 3.44. The van der Waals surface area contributed by atoms with Gasteiger partial charge in [0, 0.05) is 56.1 Å². The fourth-order valence-corrected chi connectivity index (χ4v) is 5.70. The van der Waals surface area contributed by atoms with E-state index in [4.69, 9.17) is 10.5 Å². The van der Waals surface area contributed by atoms with Crippen LogP contribution in [0.3, 0.4) is 0 Å². The highest BCUT2D eigenvalue weighted by Crippen LogP contribution is 2.38. The summed E-state index contributed by atoms with van der Waals surface area (Å²) >= 11 is 0. The molecular weight excluding hydrogens is 416 g/mol. The molecule has 0 spiro atoms. The van der Waals surface area contributed by atoms with Gasteiger partial charge in [-0.1, -0.05) is 6.08 Å². The predicted octanol–water partition coefficient (Wildman–Crippen LogP) is 2.17. The Morgan fingerprint density at radius 2 is 2.00 bits per heavy atom. The van der Waals surface area contributed by atoms with Crippen molar-refractivity contribution in [1.82, 2.24) is 29.6 Å². The molecule has 1 aliphatic heterocycles. The third-order valence-corrected chi connectivity index (χ3v) is 7.59. The van der Waals surface area contributed by atoms with Crippen LogP contribution in [0.15, 0.2) is 24.8 Å². The second-order valence-electron chi connectivity index (χ2n) is 9.71. The van der Waals surface area contributed by atoms with Crippen LogP contribution in [0.5, 0.6) is 0 Å². The minimum Gasteiger partial charge on any atom is -0.379 e. The van der Waals surface area contributed by atoms with Crippen LogP contribution in [0.2, 0.25) is 0 Å². The van der Waals surface area contributed by atoms with E-state index in [0.29, 0.717) is 18.5 Å². The van der Waals surface area contributed by atoms with Gasteiger partial charge in [0.15, 0.2) is 0 Å². The standard InChI is InChI=1S/C24H32N8O/c1-31-14-16(13-28-31)24(25)7-6-20-19(12-24)21-22(26-15-27-23(21)30-20)29-17-2-4-18(5-3-17)32-8-10-33-11-9-32/h6-7,13-15,17-18H,2-5,8-12,25H2,1H3,(H2,26,27,29,30). The van der Waals surface area contributed by atoms with E-state index in [1.54, 1.807) is 11.0 Å². The first kappa shape index (κ1) is 20.8. The normalized spacial score (nSPS) is 28.2. The molecule has 1 saturated carbocycles. The van der Waals surface area contributed by atoms with Crippen LogP contribution in [0.25, 0.3) is 17.1 Å². The van der Waals surface area contributed by atoms with Crippen LogP contribution in [0.1, 0.15) is 42.5 Å². The van der Waals surface area contributed by atoms with Crippen LogP contribution >= 0.6 is 0 Å². The lowest BCUT2D eigenvalue weighted by molar-refractivity contribution is 0.00791. The molecule has 0 radical (unpaired) electrons. The lowest BCUT2D eigenvalue weighted by Crippen LogP contribution is -2.46. The lowest BCUT2D eigenvalue weighted by Gasteiger charge is -2.39. The van der Waals surface area contributed by atoms with Crippen molar-refractivity contribution in [2.24, 2.45) is 12.8 Å². The average molecular weight is 449 g/mol. The molecule has 6 rings (SSSR count). The summed E-state index contributed by atoms with van der Waals surface area (Å²) < 4.78 is 7.32. The lowest BCUT2D eigenvalue weighted by atomic mass is 9.82. The maximum atomic E-state index is 6.85. The van der Waals surface area contributed by atoms with Gasteiger partial charge < -0.3 is 20.8 Å². The van der Waals surface area contributed by atoms with E-state index in [1.165, 1.54) is 18.4 Å². The summed E-state index contributed by atoms with van der Waals surface area (Å²) in [6, 6.07) is 1.10. The smallest absolute Gasteiger partial charge is 0.143 e. The molecule has 4 N–H and O–H groups in total. The van der Waals surface area contributed by atoms with Crippen molar-refractivity contribution in [3.63, 3.8) is 0 Å². The number of nitrogens with two attached hydrogens (primary N) is 1. The van der Waals surface area contributed by atoms with E-state index in [-0.39, 0.29) is 0 Å². The SMILES string of the molecule is Cn1cc(C2(N)C=Cc3[nH]c4ncnc(NC5CCC(N6CCOCC6)CC5)c4c3C2)cn1. The summed E-state index contributed by atoms with van der Waals surface area (Å²) in [5, 5.41) is 9.15. The Labute approximate surface area is 193 Å². The van der Waals surface area contributed by atoms with Crippen molar-refractivity contribution < 1.29 is 4.74 Å². The van der Waals surface area contributed by atoms with Gasteiger partial charge in [-0.3, -0.25) is 9.58 Å². The molecule has 3 aliphatic rings. The highest BCUT2D eigenvalue weighted by molar-refractivity contribution is 5.94. The number of nitrogens with one attached hydrogen (secondary N) is 2. The summed E-state index contributed by atoms with van der Waals surface area (Å²) in [5.41, 5.74) is 10.4. The largest absolute Gasteiger partial charge is 0.379 e. The van der Waals surface area contributed by atoms with Gasteiger partial charge in [-0.2, -0.15) is 5.10 Å². The first-order valence-electron chi connectivity index (χ1n) is 12.0. The molecule has 174 valence electrons. The third-order valence-electron chi connectivity index (χ3n) is 7.59. The molecule has 33 heavy (non-hydrogen) atoms. The zero-order chi connectivity index (χ0) is 22.4. The number of rotatable bonds is 4. The number of hydrogen-bond acceptors (Lipinski definition) is 7. The van der Waals surface area contributed by atoms with Crippen molar-refractivity contribution in [2.45, 2.75) is 49.7 Å². The molecule has 3 aromatic heterocycles. The fourth-order valence-electron chi connectivity index (χ4n) is 5.70. The van der Waals surface area contributed by atoms with Crippen molar-refractivity contribution >= 4 is 22.9 Å². The number of aromatic amines is 1. The maximum Gasteiger partial charge on any atom is 0.143 e. The van der Waals surface area contributed by atoms with E-state index >= 15 is 0 Å². The van der Waals surface area contributed by atoms with Crippen LogP contribution in [0.4, 0.5) is 5.82 Å². The predicted molar refractivity (Wildman–Crippen MR) is 128 cm³/mol. The molecular formula is C24H32N8O. The van der Waals surface area contributed by atoms with Gasteiger partial charge >= 0.3 is 0 Å². The van der Waals surface area contributed by atoms with Gasteiger partial charge in [0.2, 0.25) is 0 Å². The highest BCUT2D eigenvalue weighted by Gasteiger charge is 2.33. The molecule has 1 unspecified atom stereocenters. The first-order chi connectivity index (χ1) is 16.1. The van der Waals surface area contributed by atoms with Gasteiger partial charge in [0.1, 0.15) is 17.8 Å². The highest BCUT2D eigenvalue weighted by atomic mass is 16.5. The van der Waals surface area contributed by atoms with Crippen molar-refractivity contribution in [1.29, 1.82) is 0 Å². The molecule has 0 aromatic carbocycles. The van der Waals surface area contributed by atoms with Crippen molar-refractivity contribution in [2.75, 3.05) is 31.6 Å². The zero-order valence-electron chi connectivity index (χ0n) is 19.1. The number of morpholine rings is 1. The minimum absolute atomic E-state index is 0.422. The van der Waals surface area contributed by atoms with Gasteiger partial charge in [-0.05, 0) is 37.3 Å². The van der Waals surface area contributed by atoms with Crippen LogP contribution in [0, 0.1) is 0 Å². The van der Waals surface area contributed by atoms with Crippen LogP contribution < -0.4 is 11.1 Å². The molecule has 0 amide bonds. The molecule has 1 atom stereocenters. The molecule has 0 bridgehead atoms. The number of H-pyrrole nitrogens is 1. The molecule has 1 saturated heterocycles. The molecule has 4 heterocycles. The summed E-state index contributed by atoms with van der Waals surface area (Å²) in [7, 11) is 1.92. The Bertz CT molecular complexity index is 1170. The molecule has 3 aromatic rings.